The van der Waals surface area contributed by atoms with Crippen LogP contribution in [0.2, 0.25) is 0 Å². The van der Waals surface area contributed by atoms with Gasteiger partial charge in [0.2, 0.25) is 0 Å². The van der Waals surface area contributed by atoms with Crippen LogP contribution in [0.5, 0.6) is 0 Å². The average Bonchev–Trinajstić information content (AvgIpc) is 2.46. The lowest BCUT2D eigenvalue weighted by Crippen LogP contribution is -2.21. The van der Waals surface area contributed by atoms with Gasteiger partial charge in [-0.15, -0.1) is 0 Å². The number of aliphatic hydroxyl groups is 2. The lowest BCUT2D eigenvalue weighted by atomic mass is 10.2. The van der Waals surface area contributed by atoms with Crippen LogP contribution in [0.3, 0.4) is 0 Å². The molecule has 2 N–H and O–H groups in total. The first-order valence-electron chi connectivity index (χ1n) is 6.39. The molecule has 108 valence electrons. The van der Waals surface area contributed by atoms with E-state index >= 15 is 0 Å². The minimum Gasteiger partial charge on any atom is -0.394 e. The van der Waals surface area contributed by atoms with Crippen LogP contribution in [0.25, 0.3) is 0 Å². The second kappa shape index (κ2) is 10.9. The van der Waals surface area contributed by atoms with Crippen LogP contribution in [0.15, 0.2) is 30.3 Å². The Bertz CT molecular complexity index is 304. The molecule has 0 heterocycles. The molecule has 0 amide bonds. The molecule has 1 rings (SSSR count). The van der Waals surface area contributed by atoms with Gasteiger partial charge in [-0.05, 0) is 5.56 Å². The van der Waals surface area contributed by atoms with Crippen LogP contribution >= 0.6 is 0 Å². The van der Waals surface area contributed by atoms with Gasteiger partial charge in [0.25, 0.3) is 0 Å². The summed E-state index contributed by atoms with van der Waals surface area (Å²) in [6.45, 7) is 2.33. The normalized spacial score (nSPS) is 12.5. The van der Waals surface area contributed by atoms with Crippen LogP contribution in [0.4, 0.5) is 0 Å². The molecule has 0 radical (unpaired) electrons. The third kappa shape index (κ3) is 8.69. The zero-order valence-corrected chi connectivity index (χ0v) is 11.0. The van der Waals surface area contributed by atoms with Crippen LogP contribution in [0.1, 0.15) is 5.56 Å². The van der Waals surface area contributed by atoms with Gasteiger partial charge in [-0.1, -0.05) is 30.3 Å². The van der Waals surface area contributed by atoms with Gasteiger partial charge in [-0.3, -0.25) is 0 Å². The summed E-state index contributed by atoms with van der Waals surface area (Å²) < 4.78 is 15.8. The number of hydrogen-bond donors (Lipinski definition) is 2. The summed E-state index contributed by atoms with van der Waals surface area (Å²) in [6, 6.07) is 9.96. The number of benzene rings is 1. The molecule has 0 unspecified atom stereocenters. The smallest absolute Gasteiger partial charge is 0.100 e. The first kappa shape index (κ1) is 16.1. The second-order valence-corrected chi connectivity index (χ2v) is 4.06. The molecule has 0 spiro atoms. The van der Waals surface area contributed by atoms with E-state index in [9.17, 15) is 0 Å². The monoisotopic (exact) mass is 270 g/mol. The lowest BCUT2D eigenvalue weighted by molar-refractivity contribution is -0.0239. The Balaban J connectivity index is 1.84. The van der Waals surface area contributed by atoms with Crippen LogP contribution in [0, 0.1) is 0 Å². The first-order chi connectivity index (χ1) is 9.33. The van der Waals surface area contributed by atoms with Gasteiger partial charge in [0.05, 0.1) is 46.2 Å². The van der Waals surface area contributed by atoms with Crippen molar-refractivity contribution in [2.45, 2.75) is 12.7 Å². The predicted octanol–water partition coefficient (Wildman–Crippen LogP) is 0.590. The van der Waals surface area contributed by atoms with E-state index in [1.807, 2.05) is 30.3 Å². The predicted molar refractivity (Wildman–Crippen MR) is 70.8 cm³/mol. The van der Waals surface area contributed by atoms with E-state index in [0.717, 1.165) is 5.56 Å². The summed E-state index contributed by atoms with van der Waals surface area (Å²) in [5.74, 6) is 0. The Morgan fingerprint density at radius 2 is 1.53 bits per heavy atom. The molecule has 5 heteroatoms. The number of aliphatic hydroxyl groups excluding tert-OH is 2. The highest BCUT2D eigenvalue weighted by Crippen LogP contribution is 1.99. The Morgan fingerprint density at radius 3 is 2.21 bits per heavy atom. The summed E-state index contributed by atoms with van der Waals surface area (Å²) >= 11 is 0. The number of rotatable bonds is 11. The SMILES string of the molecule is OC[C@@H](O)COCCOCCOCc1ccccc1. The summed E-state index contributed by atoms with van der Waals surface area (Å²) in [5, 5.41) is 17.6. The van der Waals surface area contributed by atoms with Crippen LogP contribution < -0.4 is 0 Å². The lowest BCUT2D eigenvalue weighted by Gasteiger charge is -2.09. The van der Waals surface area contributed by atoms with Crippen molar-refractivity contribution in [3.05, 3.63) is 35.9 Å². The molecule has 0 saturated heterocycles. The molecule has 0 bridgehead atoms. The Kier molecular flexibility index (Phi) is 9.22. The maximum atomic E-state index is 9.00. The molecule has 1 aromatic carbocycles. The van der Waals surface area contributed by atoms with Crippen molar-refractivity contribution in [3.63, 3.8) is 0 Å². The van der Waals surface area contributed by atoms with Gasteiger partial charge < -0.3 is 24.4 Å². The molecule has 19 heavy (non-hydrogen) atoms. The molecule has 1 aromatic rings. The van der Waals surface area contributed by atoms with Gasteiger partial charge in [0.1, 0.15) is 6.10 Å². The Labute approximate surface area is 113 Å². The summed E-state index contributed by atoms with van der Waals surface area (Å²) in [7, 11) is 0. The van der Waals surface area contributed by atoms with E-state index in [1.54, 1.807) is 0 Å². The van der Waals surface area contributed by atoms with Crippen molar-refractivity contribution in [3.8, 4) is 0 Å². The van der Waals surface area contributed by atoms with Crippen molar-refractivity contribution in [1.29, 1.82) is 0 Å². The molecular weight excluding hydrogens is 248 g/mol. The van der Waals surface area contributed by atoms with Gasteiger partial charge in [-0.25, -0.2) is 0 Å². The summed E-state index contributed by atoms with van der Waals surface area (Å²) in [4.78, 5) is 0. The molecule has 0 saturated carbocycles. The maximum Gasteiger partial charge on any atom is 0.100 e. The van der Waals surface area contributed by atoms with E-state index in [2.05, 4.69) is 0 Å². The fourth-order valence-electron chi connectivity index (χ4n) is 1.37. The highest BCUT2D eigenvalue weighted by Gasteiger charge is 2.00. The summed E-state index contributed by atoms with van der Waals surface area (Å²) in [5.41, 5.74) is 1.14. The van der Waals surface area contributed by atoms with E-state index < -0.39 is 6.10 Å². The fraction of sp³-hybridized carbons (Fsp3) is 0.571. The molecule has 0 aromatic heterocycles. The molecule has 0 fully saturated rings. The highest BCUT2D eigenvalue weighted by molar-refractivity contribution is 5.13. The number of hydrogen-bond acceptors (Lipinski definition) is 5. The molecule has 0 aliphatic heterocycles. The molecule has 0 aliphatic rings. The van der Waals surface area contributed by atoms with Crippen molar-refractivity contribution in [1.82, 2.24) is 0 Å². The van der Waals surface area contributed by atoms with Gasteiger partial charge in [0.15, 0.2) is 0 Å². The van der Waals surface area contributed by atoms with Crippen molar-refractivity contribution >= 4 is 0 Å². The highest BCUT2D eigenvalue weighted by atomic mass is 16.5. The van der Waals surface area contributed by atoms with Crippen LogP contribution in [-0.4, -0.2) is 56.0 Å². The second-order valence-electron chi connectivity index (χ2n) is 4.06. The van der Waals surface area contributed by atoms with E-state index in [1.165, 1.54) is 0 Å². The van der Waals surface area contributed by atoms with Gasteiger partial charge >= 0.3 is 0 Å². The van der Waals surface area contributed by atoms with Crippen molar-refractivity contribution in [2.24, 2.45) is 0 Å². The molecule has 5 nitrogen and oxygen atoms in total. The third-order valence-corrected chi connectivity index (χ3v) is 2.38. The van der Waals surface area contributed by atoms with E-state index in [0.29, 0.717) is 33.0 Å². The summed E-state index contributed by atoms with van der Waals surface area (Å²) in [6.07, 6.45) is -0.811. The zero-order valence-electron chi connectivity index (χ0n) is 11.0. The minimum atomic E-state index is -0.811. The van der Waals surface area contributed by atoms with Crippen molar-refractivity contribution in [2.75, 3.05) is 39.6 Å². The fourth-order valence-corrected chi connectivity index (χ4v) is 1.37. The van der Waals surface area contributed by atoms with E-state index in [4.69, 9.17) is 24.4 Å². The number of ether oxygens (including phenoxy) is 3. The topological polar surface area (TPSA) is 68.2 Å². The Morgan fingerprint density at radius 1 is 0.895 bits per heavy atom. The van der Waals surface area contributed by atoms with E-state index in [-0.39, 0.29) is 13.2 Å². The van der Waals surface area contributed by atoms with Crippen LogP contribution in [-0.2, 0) is 20.8 Å². The van der Waals surface area contributed by atoms with Gasteiger partial charge in [-0.2, -0.15) is 0 Å². The first-order valence-corrected chi connectivity index (χ1v) is 6.39. The van der Waals surface area contributed by atoms with Gasteiger partial charge in [0, 0.05) is 0 Å². The quantitative estimate of drug-likeness (QED) is 0.576. The molecule has 1 atom stereocenters. The maximum absolute atomic E-state index is 9.00. The largest absolute Gasteiger partial charge is 0.394 e. The Hall–Kier alpha value is -0.980. The zero-order chi connectivity index (χ0) is 13.8. The average molecular weight is 270 g/mol. The standard InChI is InChI=1S/C14H22O5/c15-10-14(16)12-19-9-7-17-6-8-18-11-13-4-2-1-3-5-13/h1-5,14-16H,6-12H2/t14-/m1/s1. The minimum absolute atomic E-state index is 0.129. The third-order valence-electron chi connectivity index (χ3n) is 2.38. The molecule has 0 aliphatic carbocycles. The van der Waals surface area contributed by atoms with Crippen molar-refractivity contribution < 1.29 is 24.4 Å². The molecular formula is C14H22O5.